The molecule has 5 heteroatoms. The maximum Gasteiger partial charge on any atom is 0.142 e. The number of nitrogens with one attached hydrogen (secondary N) is 1. The van der Waals surface area contributed by atoms with Gasteiger partial charge in [0.05, 0.1) is 24.8 Å². The van der Waals surface area contributed by atoms with Crippen molar-refractivity contribution in [3.63, 3.8) is 0 Å². The van der Waals surface area contributed by atoms with Crippen molar-refractivity contribution in [2.75, 3.05) is 19.8 Å². The van der Waals surface area contributed by atoms with Gasteiger partial charge in [0.15, 0.2) is 0 Å². The summed E-state index contributed by atoms with van der Waals surface area (Å²) in [6, 6.07) is 14.8. The summed E-state index contributed by atoms with van der Waals surface area (Å²) in [6.45, 7) is 4.15. The Labute approximate surface area is 145 Å². The number of benzene rings is 2. The van der Waals surface area contributed by atoms with Crippen molar-refractivity contribution in [2.24, 2.45) is 0 Å². The first-order valence-corrected chi connectivity index (χ1v) is 8.36. The SMILES string of the molecule is Cc1onc(-c2ccc(F)cc2)c1-c1cccc(C2COCCN2)c1. The molecule has 0 bridgehead atoms. The van der Waals surface area contributed by atoms with Crippen LogP contribution in [-0.4, -0.2) is 24.9 Å². The fourth-order valence-corrected chi connectivity index (χ4v) is 3.21. The Morgan fingerprint density at radius 2 is 1.96 bits per heavy atom. The number of halogens is 1. The molecule has 1 saturated heterocycles. The third-order valence-electron chi connectivity index (χ3n) is 4.48. The van der Waals surface area contributed by atoms with Gasteiger partial charge in [0, 0.05) is 12.1 Å². The van der Waals surface area contributed by atoms with Crippen molar-refractivity contribution in [3.8, 4) is 22.4 Å². The van der Waals surface area contributed by atoms with Gasteiger partial charge < -0.3 is 14.6 Å². The van der Waals surface area contributed by atoms with Crippen molar-refractivity contribution in [1.29, 1.82) is 0 Å². The summed E-state index contributed by atoms with van der Waals surface area (Å²) < 4.78 is 24.2. The highest BCUT2D eigenvalue weighted by Gasteiger charge is 2.19. The molecule has 0 amide bonds. The summed E-state index contributed by atoms with van der Waals surface area (Å²) in [7, 11) is 0. The molecule has 1 unspecified atom stereocenters. The van der Waals surface area contributed by atoms with Crippen molar-refractivity contribution in [1.82, 2.24) is 10.5 Å². The normalized spacial score (nSPS) is 17.6. The Bertz CT molecular complexity index is 868. The zero-order valence-electron chi connectivity index (χ0n) is 14.0. The van der Waals surface area contributed by atoms with Crippen molar-refractivity contribution in [2.45, 2.75) is 13.0 Å². The minimum Gasteiger partial charge on any atom is -0.378 e. The molecule has 1 aliphatic heterocycles. The van der Waals surface area contributed by atoms with E-state index in [4.69, 9.17) is 9.26 Å². The summed E-state index contributed by atoms with van der Waals surface area (Å²) in [6.07, 6.45) is 0. The molecule has 4 rings (SSSR count). The Kier molecular flexibility index (Phi) is 4.34. The van der Waals surface area contributed by atoms with Crippen molar-refractivity contribution in [3.05, 3.63) is 65.7 Å². The molecule has 2 heterocycles. The van der Waals surface area contributed by atoms with Crippen LogP contribution < -0.4 is 5.32 Å². The topological polar surface area (TPSA) is 47.3 Å². The highest BCUT2D eigenvalue weighted by atomic mass is 19.1. The summed E-state index contributed by atoms with van der Waals surface area (Å²) in [5.41, 5.74) is 4.69. The Morgan fingerprint density at radius 1 is 1.12 bits per heavy atom. The Morgan fingerprint density at radius 3 is 2.72 bits per heavy atom. The zero-order valence-corrected chi connectivity index (χ0v) is 14.0. The van der Waals surface area contributed by atoms with Gasteiger partial charge in [-0.05, 0) is 48.4 Å². The number of nitrogens with zero attached hydrogens (tertiary/aromatic N) is 1. The number of hydrogen-bond acceptors (Lipinski definition) is 4. The van der Waals surface area contributed by atoms with Crippen molar-refractivity contribution < 1.29 is 13.7 Å². The molecule has 1 aliphatic rings. The molecule has 25 heavy (non-hydrogen) atoms. The van der Waals surface area contributed by atoms with E-state index in [0.717, 1.165) is 41.3 Å². The second-order valence-corrected chi connectivity index (χ2v) is 6.18. The molecule has 1 fully saturated rings. The van der Waals surface area contributed by atoms with Gasteiger partial charge in [-0.15, -0.1) is 0 Å². The standard InChI is InChI=1S/C20H19FN2O2/c1-13-19(20(23-25-13)14-5-7-17(21)8-6-14)16-4-2-3-15(11-16)18-12-24-10-9-22-18/h2-8,11,18,22H,9-10,12H2,1H3. The summed E-state index contributed by atoms with van der Waals surface area (Å²) in [5.74, 6) is 0.472. The van der Waals surface area contributed by atoms with Gasteiger partial charge in [-0.1, -0.05) is 23.4 Å². The lowest BCUT2D eigenvalue weighted by atomic mass is 9.96. The second kappa shape index (κ2) is 6.78. The molecule has 128 valence electrons. The van der Waals surface area contributed by atoms with Crippen LogP contribution in [0.5, 0.6) is 0 Å². The lowest BCUT2D eigenvalue weighted by Crippen LogP contribution is -2.34. The molecule has 4 nitrogen and oxygen atoms in total. The van der Waals surface area contributed by atoms with Crippen LogP contribution in [0.25, 0.3) is 22.4 Å². The number of aryl methyl sites for hydroxylation is 1. The van der Waals surface area contributed by atoms with Crippen molar-refractivity contribution >= 4 is 0 Å². The number of rotatable bonds is 3. The van der Waals surface area contributed by atoms with Crippen LogP contribution in [0.1, 0.15) is 17.4 Å². The van der Waals surface area contributed by atoms with Gasteiger partial charge in [-0.2, -0.15) is 0 Å². The first-order valence-electron chi connectivity index (χ1n) is 8.36. The number of morpholine rings is 1. The monoisotopic (exact) mass is 338 g/mol. The average Bonchev–Trinajstić information content (AvgIpc) is 3.05. The lowest BCUT2D eigenvalue weighted by molar-refractivity contribution is 0.0769. The highest BCUT2D eigenvalue weighted by molar-refractivity contribution is 5.82. The van der Waals surface area contributed by atoms with E-state index >= 15 is 0 Å². The molecular weight excluding hydrogens is 319 g/mol. The first-order chi connectivity index (χ1) is 12.2. The summed E-state index contributed by atoms with van der Waals surface area (Å²) in [5, 5.41) is 7.67. The van der Waals surface area contributed by atoms with Crippen LogP contribution in [0.2, 0.25) is 0 Å². The smallest absolute Gasteiger partial charge is 0.142 e. The van der Waals surface area contributed by atoms with Gasteiger partial charge in [0.2, 0.25) is 0 Å². The third-order valence-corrected chi connectivity index (χ3v) is 4.48. The Balaban J connectivity index is 1.75. The zero-order chi connectivity index (χ0) is 17.2. The summed E-state index contributed by atoms with van der Waals surface area (Å²) in [4.78, 5) is 0. The van der Waals surface area contributed by atoms with E-state index in [1.165, 1.54) is 17.7 Å². The Hall–Kier alpha value is -2.50. The first kappa shape index (κ1) is 16.0. The fourth-order valence-electron chi connectivity index (χ4n) is 3.21. The number of hydrogen-bond donors (Lipinski definition) is 1. The third kappa shape index (κ3) is 3.21. The van der Waals surface area contributed by atoms with Crippen LogP contribution in [0, 0.1) is 12.7 Å². The van der Waals surface area contributed by atoms with Crippen LogP contribution in [0.15, 0.2) is 53.1 Å². The van der Waals surface area contributed by atoms with Gasteiger partial charge in [-0.3, -0.25) is 0 Å². The molecule has 0 aliphatic carbocycles. The van der Waals surface area contributed by atoms with Crippen LogP contribution >= 0.6 is 0 Å². The predicted molar refractivity (Wildman–Crippen MR) is 93.6 cm³/mol. The molecule has 0 radical (unpaired) electrons. The lowest BCUT2D eigenvalue weighted by Gasteiger charge is -2.24. The molecule has 2 aromatic carbocycles. The van der Waals surface area contributed by atoms with Gasteiger partial charge in [-0.25, -0.2) is 4.39 Å². The molecule has 1 atom stereocenters. The molecule has 3 aromatic rings. The molecule has 1 aromatic heterocycles. The van der Waals surface area contributed by atoms with E-state index in [2.05, 4.69) is 22.6 Å². The van der Waals surface area contributed by atoms with E-state index in [1.807, 2.05) is 19.1 Å². The second-order valence-electron chi connectivity index (χ2n) is 6.18. The maximum atomic E-state index is 13.2. The van der Waals surface area contributed by atoms with Crippen LogP contribution in [0.4, 0.5) is 4.39 Å². The minimum atomic E-state index is -0.268. The molecule has 0 saturated carbocycles. The largest absolute Gasteiger partial charge is 0.378 e. The number of ether oxygens (including phenoxy) is 1. The van der Waals surface area contributed by atoms with E-state index in [9.17, 15) is 4.39 Å². The number of aromatic nitrogens is 1. The van der Waals surface area contributed by atoms with Gasteiger partial charge >= 0.3 is 0 Å². The van der Waals surface area contributed by atoms with E-state index in [0.29, 0.717) is 6.61 Å². The van der Waals surface area contributed by atoms with Crippen LogP contribution in [0.3, 0.4) is 0 Å². The highest BCUT2D eigenvalue weighted by Crippen LogP contribution is 2.35. The van der Waals surface area contributed by atoms with Crippen LogP contribution in [-0.2, 0) is 4.74 Å². The van der Waals surface area contributed by atoms with Gasteiger partial charge in [0.25, 0.3) is 0 Å². The summed E-state index contributed by atoms with van der Waals surface area (Å²) >= 11 is 0. The predicted octanol–water partition coefficient (Wildman–Crippen LogP) is 4.12. The van der Waals surface area contributed by atoms with E-state index < -0.39 is 0 Å². The van der Waals surface area contributed by atoms with E-state index in [1.54, 1.807) is 12.1 Å². The maximum absolute atomic E-state index is 13.2. The molecular formula is C20H19FN2O2. The van der Waals surface area contributed by atoms with Gasteiger partial charge in [0.1, 0.15) is 17.3 Å². The molecule has 1 N–H and O–H groups in total. The quantitative estimate of drug-likeness (QED) is 0.780. The fraction of sp³-hybridized carbons (Fsp3) is 0.250. The average molecular weight is 338 g/mol. The minimum absolute atomic E-state index is 0.183. The molecule has 0 spiro atoms. The van der Waals surface area contributed by atoms with E-state index in [-0.39, 0.29) is 11.9 Å².